The van der Waals surface area contributed by atoms with Crippen molar-refractivity contribution in [3.8, 4) is 11.5 Å². The van der Waals surface area contributed by atoms with Crippen LogP contribution in [0.15, 0.2) is 42.5 Å². The molecule has 3 rings (SSSR count). The Kier molecular flexibility index (Phi) is 11.3. The zero-order chi connectivity index (χ0) is 29.1. The lowest BCUT2D eigenvalue weighted by molar-refractivity contribution is -0.148. The number of amides is 2. The summed E-state index contributed by atoms with van der Waals surface area (Å²) in [6, 6.07) is 12.1. The second kappa shape index (κ2) is 14.7. The summed E-state index contributed by atoms with van der Waals surface area (Å²) in [5.41, 5.74) is 0.588. The van der Waals surface area contributed by atoms with Gasteiger partial charge in [0.2, 0.25) is 0 Å². The van der Waals surface area contributed by atoms with Gasteiger partial charge in [-0.2, -0.15) is 0 Å². The van der Waals surface area contributed by atoms with Crippen LogP contribution in [0.5, 0.6) is 11.5 Å². The molecule has 0 aliphatic carbocycles. The van der Waals surface area contributed by atoms with E-state index in [9.17, 15) is 19.5 Å². The van der Waals surface area contributed by atoms with Gasteiger partial charge in [-0.15, -0.1) is 0 Å². The summed E-state index contributed by atoms with van der Waals surface area (Å²) >= 11 is 0. The molecule has 0 unspecified atom stereocenters. The van der Waals surface area contributed by atoms with Crippen molar-refractivity contribution >= 4 is 17.8 Å². The molecule has 1 fully saturated rings. The lowest BCUT2D eigenvalue weighted by atomic mass is 9.90. The van der Waals surface area contributed by atoms with Crippen LogP contribution in [0.4, 0.5) is 4.79 Å². The number of rotatable bonds is 14. The van der Waals surface area contributed by atoms with Gasteiger partial charge in [0.05, 0.1) is 32.5 Å². The number of ketones is 1. The number of nitrogens with one attached hydrogen (secondary N) is 1. The Hall–Kier alpha value is -3.63. The molecule has 40 heavy (non-hydrogen) atoms. The largest absolute Gasteiger partial charge is 0.493 e. The van der Waals surface area contributed by atoms with Crippen LogP contribution in [0.2, 0.25) is 0 Å². The number of hydrogen-bond acceptors (Lipinski definition) is 7. The highest BCUT2D eigenvalue weighted by atomic mass is 16.5. The molecule has 10 nitrogen and oxygen atoms in total. The summed E-state index contributed by atoms with van der Waals surface area (Å²) in [7, 11) is 0. The molecule has 0 saturated carbocycles. The fourth-order valence-corrected chi connectivity index (χ4v) is 4.70. The first-order chi connectivity index (χ1) is 19.2. The van der Waals surface area contributed by atoms with E-state index in [-0.39, 0.29) is 45.0 Å². The minimum Gasteiger partial charge on any atom is -0.493 e. The molecule has 1 heterocycles. The van der Waals surface area contributed by atoms with Crippen LogP contribution in [0.1, 0.15) is 68.1 Å². The average Bonchev–Trinajstić information content (AvgIpc) is 2.93. The zero-order valence-corrected chi connectivity index (χ0v) is 23.7. The molecule has 0 radical (unpaired) electrons. The third-order valence-electron chi connectivity index (χ3n) is 6.94. The summed E-state index contributed by atoms with van der Waals surface area (Å²) < 4.78 is 22.8. The minimum absolute atomic E-state index is 0.164. The lowest BCUT2D eigenvalue weighted by Gasteiger charge is -2.38. The first kappa shape index (κ1) is 30.9. The van der Waals surface area contributed by atoms with Crippen LogP contribution < -0.4 is 14.8 Å². The van der Waals surface area contributed by atoms with E-state index >= 15 is 0 Å². The summed E-state index contributed by atoms with van der Waals surface area (Å²) in [5.74, 6) is -0.553. The fraction of sp³-hybridized carbons (Fsp3) is 0.500. The van der Waals surface area contributed by atoms with Crippen LogP contribution >= 0.6 is 0 Å². The number of benzene rings is 2. The van der Waals surface area contributed by atoms with Crippen LogP contribution in [0.3, 0.4) is 0 Å². The van der Waals surface area contributed by atoms with Gasteiger partial charge in [0.1, 0.15) is 22.6 Å². The number of carbonyl (C=O) groups is 3. The fourth-order valence-electron chi connectivity index (χ4n) is 4.70. The van der Waals surface area contributed by atoms with Gasteiger partial charge in [0, 0.05) is 32.6 Å². The van der Waals surface area contributed by atoms with Gasteiger partial charge in [-0.3, -0.25) is 4.79 Å². The molecule has 218 valence electrons. The molecular weight excluding hydrogens is 516 g/mol. The Morgan fingerprint density at radius 2 is 1.65 bits per heavy atom. The molecule has 2 aromatic carbocycles. The smallest absolute Gasteiger partial charge is 0.329 e. The Labute approximate surface area is 235 Å². The van der Waals surface area contributed by atoms with Crippen molar-refractivity contribution < 1.29 is 38.4 Å². The molecule has 10 heteroatoms. The summed E-state index contributed by atoms with van der Waals surface area (Å²) in [4.78, 5) is 40.0. The van der Waals surface area contributed by atoms with Crippen LogP contribution in [0, 0.1) is 0 Å². The molecule has 0 bridgehead atoms. The molecule has 0 spiro atoms. The molecule has 1 atom stereocenters. The molecule has 1 saturated heterocycles. The van der Waals surface area contributed by atoms with Crippen molar-refractivity contribution in [2.24, 2.45) is 0 Å². The summed E-state index contributed by atoms with van der Waals surface area (Å²) in [5, 5.41) is 12.8. The highest BCUT2D eigenvalue weighted by Crippen LogP contribution is 2.35. The monoisotopic (exact) mass is 556 g/mol. The Morgan fingerprint density at radius 3 is 2.17 bits per heavy atom. The van der Waals surface area contributed by atoms with Gasteiger partial charge in [-0.1, -0.05) is 30.3 Å². The quantitative estimate of drug-likeness (QED) is 0.255. The minimum atomic E-state index is -1.43. The van der Waals surface area contributed by atoms with Gasteiger partial charge in [0.15, 0.2) is 5.78 Å². The number of carboxylic acid groups (broad SMARTS) is 1. The predicted molar refractivity (Wildman–Crippen MR) is 149 cm³/mol. The van der Waals surface area contributed by atoms with E-state index in [1.165, 1.54) is 6.92 Å². The zero-order valence-electron chi connectivity index (χ0n) is 23.7. The molecule has 1 aliphatic heterocycles. The standard InChI is InChI=1S/C30H40N2O8/c1-5-39-25-18-24(19-26(40-6-2)27(25)22(4)33)21(3)32(14-17-38-20-23-10-8-7-9-11-23)29(36)31-30(28(34)35)12-15-37-16-13-30/h7-11,18-19,21H,5-6,12-17,20H2,1-4H3,(H,31,36)(H,34,35)/t21-/m1/s1. The van der Waals surface area contributed by atoms with Gasteiger partial charge in [-0.25, -0.2) is 9.59 Å². The van der Waals surface area contributed by atoms with E-state index in [0.717, 1.165) is 5.56 Å². The van der Waals surface area contributed by atoms with E-state index in [2.05, 4.69) is 5.32 Å². The number of nitrogens with zero attached hydrogens (tertiary/aromatic N) is 1. The molecule has 2 amide bonds. The molecule has 1 aliphatic rings. The Bertz CT molecular complexity index is 1120. The number of Topliss-reactive ketones (excluding diaryl/α,β-unsaturated/α-hetero) is 1. The van der Waals surface area contributed by atoms with Crippen molar-refractivity contribution in [1.82, 2.24) is 10.2 Å². The second-order valence-corrected chi connectivity index (χ2v) is 9.65. The van der Waals surface area contributed by atoms with Crippen LogP contribution in [-0.2, 0) is 20.9 Å². The molecule has 0 aromatic heterocycles. The van der Waals surface area contributed by atoms with Crippen molar-refractivity contribution in [3.05, 3.63) is 59.2 Å². The Balaban J connectivity index is 1.92. The summed E-state index contributed by atoms with van der Waals surface area (Å²) in [6.07, 6.45) is 0.328. The molecule has 2 aromatic rings. The maximum Gasteiger partial charge on any atom is 0.329 e. The highest BCUT2D eigenvalue weighted by Gasteiger charge is 2.43. The first-order valence-electron chi connectivity index (χ1n) is 13.7. The third kappa shape index (κ3) is 7.73. The van der Waals surface area contributed by atoms with Crippen LogP contribution in [0.25, 0.3) is 0 Å². The predicted octanol–water partition coefficient (Wildman–Crippen LogP) is 4.61. The average molecular weight is 557 g/mol. The number of aliphatic carboxylic acids is 1. The number of ether oxygens (including phenoxy) is 4. The lowest BCUT2D eigenvalue weighted by Crippen LogP contribution is -2.60. The highest BCUT2D eigenvalue weighted by molar-refractivity contribution is 5.99. The van der Waals surface area contributed by atoms with Gasteiger partial charge >= 0.3 is 12.0 Å². The first-order valence-corrected chi connectivity index (χ1v) is 13.7. The van der Waals surface area contributed by atoms with Crippen molar-refractivity contribution in [3.63, 3.8) is 0 Å². The van der Waals surface area contributed by atoms with E-state index in [4.69, 9.17) is 18.9 Å². The molecular formula is C30H40N2O8. The van der Waals surface area contributed by atoms with E-state index in [1.807, 2.05) is 51.1 Å². The van der Waals surface area contributed by atoms with Gasteiger partial charge < -0.3 is 34.3 Å². The van der Waals surface area contributed by atoms with E-state index in [1.54, 1.807) is 17.0 Å². The van der Waals surface area contributed by atoms with Crippen molar-refractivity contribution in [2.45, 2.75) is 58.7 Å². The molecule has 2 N–H and O–H groups in total. The van der Waals surface area contributed by atoms with Gasteiger partial charge in [-0.05, 0) is 51.0 Å². The number of carboxylic acids is 1. The van der Waals surface area contributed by atoms with E-state index < -0.39 is 23.6 Å². The van der Waals surface area contributed by atoms with E-state index in [0.29, 0.717) is 42.4 Å². The van der Waals surface area contributed by atoms with Gasteiger partial charge in [0.25, 0.3) is 0 Å². The maximum absolute atomic E-state index is 13.7. The SMILES string of the molecule is CCOc1cc([C@@H](C)N(CCOCc2ccccc2)C(=O)NC2(C(=O)O)CCOCC2)cc(OCC)c1C(C)=O. The van der Waals surface area contributed by atoms with Crippen molar-refractivity contribution in [1.29, 1.82) is 0 Å². The Morgan fingerprint density at radius 1 is 1.05 bits per heavy atom. The summed E-state index contributed by atoms with van der Waals surface area (Å²) in [6.45, 7) is 8.87. The number of carbonyl (C=O) groups excluding carboxylic acids is 2. The number of urea groups is 1. The van der Waals surface area contributed by atoms with Crippen LogP contribution in [-0.4, -0.2) is 72.9 Å². The number of hydrogen-bond donors (Lipinski definition) is 2. The van der Waals surface area contributed by atoms with Crippen molar-refractivity contribution in [2.75, 3.05) is 39.6 Å². The second-order valence-electron chi connectivity index (χ2n) is 9.65. The maximum atomic E-state index is 13.7. The topological polar surface area (TPSA) is 124 Å². The normalized spacial score (nSPS) is 15.1. The third-order valence-corrected chi connectivity index (χ3v) is 6.94.